The van der Waals surface area contributed by atoms with Crippen molar-refractivity contribution in [1.29, 1.82) is 0 Å². The first-order valence-electron chi connectivity index (χ1n) is 11.6. The quantitative estimate of drug-likeness (QED) is 0.382. The molecule has 6 atom stereocenters. The van der Waals surface area contributed by atoms with E-state index in [1.807, 2.05) is 12.3 Å². The van der Waals surface area contributed by atoms with Crippen LogP contribution >= 0.6 is 0 Å². The predicted molar refractivity (Wildman–Crippen MR) is 119 cm³/mol. The van der Waals surface area contributed by atoms with Crippen LogP contribution in [0.1, 0.15) is 49.7 Å². The lowest BCUT2D eigenvalue weighted by molar-refractivity contribution is -0.129. The number of nitrogens with one attached hydrogen (secondary N) is 3. The monoisotopic (exact) mass is 452 g/mol. The van der Waals surface area contributed by atoms with Gasteiger partial charge in [-0.05, 0) is 62.8 Å². The molecule has 4 saturated carbocycles. The molecular weight excluding hydrogens is 424 g/mol. The third-order valence-corrected chi connectivity index (χ3v) is 7.56. The summed E-state index contributed by atoms with van der Waals surface area (Å²) in [7, 11) is 0. The van der Waals surface area contributed by atoms with E-state index in [1.165, 1.54) is 0 Å². The number of aromatic nitrogens is 4. The number of aliphatic hydroxyl groups is 2. The standard InChI is InChI=1S/C23H28N6O4/c1-11(30)9-26-21(31)22-28-20(29-33-22)16-10-25-19-15(2-3-24-19)18(16)27-17-13-4-12-5-14(17)8-23(32,6-12)7-13/h2-3,10-14,17,30,32H,4-9H2,1H3,(H,26,31)(H2,24,25,27)/t11?,12?,13-,14+,17+,23-. The van der Waals surface area contributed by atoms with Gasteiger partial charge in [0.05, 0.1) is 23.0 Å². The van der Waals surface area contributed by atoms with E-state index in [0.717, 1.165) is 48.8 Å². The Balaban J connectivity index is 1.33. The molecule has 4 fully saturated rings. The highest BCUT2D eigenvalue weighted by Crippen LogP contribution is 2.56. The van der Waals surface area contributed by atoms with Gasteiger partial charge in [-0.3, -0.25) is 4.79 Å². The fraction of sp³-hybridized carbons (Fsp3) is 0.565. The summed E-state index contributed by atoms with van der Waals surface area (Å²) >= 11 is 0. The molecule has 33 heavy (non-hydrogen) atoms. The minimum absolute atomic E-state index is 0.0953. The lowest BCUT2D eigenvalue weighted by atomic mass is 9.52. The molecule has 0 aliphatic heterocycles. The fourth-order valence-corrected chi connectivity index (χ4v) is 6.46. The summed E-state index contributed by atoms with van der Waals surface area (Å²) in [5.41, 5.74) is 1.78. The Morgan fingerprint density at radius 1 is 1.33 bits per heavy atom. The van der Waals surface area contributed by atoms with Gasteiger partial charge in [-0.15, -0.1) is 0 Å². The Labute approximate surface area is 190 Å². The van der Waals surface area contributed by atoms with Crippen molar-refractivity contribution in [2.24, 2.45) is 17.8 Å². The Morgan fingerprint density at radius 3 is 2.85 bits per heavy atom. The number of carbonyl (C=O) groups is 1. The van der Waals surface area contributed by atoms with Crippen LogP contribution < -0.4 is 10.6 Å². The van der Waals surface area contributed by atoms with E-state index in [1.54, 1.807) is 13.1 Å². The topological polar surface area (TPSA) is 149 Å². The van der Waals surface area contributed by atoms with Crippen LogP contribution in [0.2, 0.25) is 0 Å². The number of carbonyl (C=O) groups excluding carboxylic acids is 1. The predicted octanol–water partition coefficient (Wildman–Crippen LogP) is 2.08. The van der Waals surface area contributed by atoms with E-state index in [-0.39, 0.29) is 24.3 Å². The number of amides is 1. The minimum atomic E-state index is -0.675. The first-order valence-corrected chi connectivity index (χ1v) is 11.6. The minimum Gasteiger partial charge on any atom is -0.392 e. The molecule has 0 aromatic carbocycles. The van der Waals surface area contributed by atoms with Gasteiger partial charge in [0.25, 0.3) is 0 Å². The first-order chi connectivity index (χ1) is 15.9. The SMILES string of the molecule is CC(O)CNC(=O)c1nc(-c2cnc3[nH]ccc3c2N[C@H]2[C@@H]3CC4C[C@H]2C[C@@](O)(C4)C3)no1. The largest absolute Gasteiger partial charge is 0.392 e. The Bertz CT molecular complexity index is 1190. The van der Waals surface area contributed by atoms with Crippen LogP contribution in [0, 0.1) is 17.8 Å². The highest BCUT2D eigenvalue weighted by Gasteiger charge is 2.54. The van der Waals surface area contributed by atoms with Gasteiger partial charge in [0.15, 0.2) is 0 Å². The number of anilines is 1. The Kier molecular flexibility index (Phi) is 4.70. The van der Waals surface area contributed by atoms with Gasteiger partial charge in [-0.1, -0.05) is 5.16 Å². The van der Waals surface area contributed by atoms with Crippen molar-refractivity contribution in [3.63, 3.8) is 0 Å². The van der Waals surface area contributed by atoms with Gasteiger partial charge in [0, 0.05) is 30.4 Å². The summed E-state index contributed by atoms with van der Waals surface area (Å²) in [5.74, 6) is 1.04. The second kappa shape index (κ2) is 7.53. The number of aromatic amines is 1. The molecule has 1 amide bonds. The summed E-state index contributed by atoms with van der Waals surface area (Å²) in [4.78, 5) is 24.2. The molecule has 2 unspecified atom stereocenters. The van der Waals surface area contributed by atoms with Crippen molar-refractivity contribution in [3.05, 3.63) is 24.4 Å². The Hall–Kier alpha value is -2.98. The molecule has 3 aromatic rings. The maximum Gasteiger partial charge on any atom is 0.316 e. The van der Waals surface area contributed by atoms with Crippen LogP contribution in [0.5, 0.6) is 0 Å². The fourth-order valence-electron chi connectivity index (χ4n) is 6.46. The van der Waals surface area contributed by atoms with Gasteiger partial charge in [-0.25, -0.2) is 4.98 Å². The average Bonchev–Trinajstić information content (AvgIpc) is 3.43. The zero-order valence-corrected chi connectivity index (χ0v) is 18.4. The van der Waals surface area contributed by atoms with Crippen LogP contribution in [0.25, 0.3) is 22.4 Å². The van der Waals surface area contributed by atoms with Gasteiger partial charge >= 0.3 is 11.8 Å². The molecule has 5 N–H and O–H groups in total. The number of hydrogen-bond donors (Lipinski definition) is 5. The van der Waals surface area contributed by atoms with Crippen molar-refractivity contribution in [2.75, 3.05) is 11.9 Å². The molecular formula is C23H28N6O4. The lowest BCUT2D eigenvalue weighted by Gasteiger charge is -2.58. The average molecular weight is 453 g/mol. The molecule has 3 heterocycles. The molecule has 4 bridgehead atoms. The van der Waals surface area contributed by atoms with E-state index in [2.05, 4.69) is 30.7 Å². The van der Waals surface area contributed by atoms with Crippen LogP contribution in [0.3, 0.4) is 0 Å². The van der Waals surface area contributed by atoms with Gasteiger partial charge < -0.3 is 30.4 Å². The molecule has 174 valence electrons. The summed E-state index contributed by atoms with van der Waals surface area (Å²) in [5, 5.41) is 31.7. The number of fused-ring (bicyclic) bond motifs is 1. The lowest BCUT2D eigenvalue weighted by Crippen LogP contribution is -2.59. The van der Waals surface area contributed by atoms with Gasteiger partial charge in [-0.2, -0.15) is 4.98 Å². The van der Waals surface area contributed by atoms with Crippen molar-refractivity contribution < 1.29 is 19.5 Å². The third kappa shape index (κ3) is 3.57. The number of rotatable bonds is 6. The molecule has 4 aliphatic carbocycles. The number of pyridine rings is 1. The van der Waals surface area contributed by atoms with Gasteiger partial charge in [0.2, 0.25) is 5.82 Å². The highest BCUT2D eigenvalue weighted by atomic mass is 16.5. The second-order valence-corrected chi connectivity index (χ2v) is 10.1. The van der Waals surface area contributed by atoms with Crippen LogP contribution in [-0.2, 0) is 0 Å². The number of nitrogens with zero attached hydrogens (tertiary/aromatic N) is 3. The zero-order chi connectivity index (χ0) is 22.7. The van der Waals surface area contributed by atoms with Crippen LogP contribution in [0.4, 0.5) is 5.69 Å². The number of aliphatic hydroxyl groups excluding tert-OH is 1. The summed E-state index contributed by atoms with van der Waals surface area (Å²) < 4.78 is 5.21. The van der Waals surface area contributed by atoms with Crippen molar-refractivity contribution in [3.8, 4) is 11.4 Å². The molecule has 0 radical (unpaired) electrons. The second-order valence-electron chi connectivity index (χ2n) is 10.1. The molecule has 3 aromatic heterocycles. The first kappa shape index (κ1) is 20.6. The summed E-state index contributed by atoms with van der Waals surface area (Å²) in [6.07, 6.45) is 7.76. The third-order valence-electron chi connectivity index (χ3n) is 7.56. The van der Waals surface area contributed by atoms with E-state index in [0.29, 0.717) is 23.3 Å². The van der Waals surface area contributed by atoms with Crippen LogP contribution in [0.15, 0.2) is 23.0 Å². The van der Waals surface area contributed by atoms with E-state index in [9.17, 15) is 15.0 Å². The van der Waals surface area contributed by atoms with E-state index < -0.39 is 17.6 Å². The summed E-state index contributed by atoms with van der Waals surface area (Å²) in [6.45, 7) is 1.68. The zero-order valence-electron chi connectivity index (χ0n) is 18.4. The molecule has 4 aliphatic rings. The van der Waals surface area contributed by atoms with Crippen molar-refractivity contribution >= 4 is 22.6 Å². The van der Waals surface area contributed by atoms with E-state index in [4.69, 9.17) is 4.52 Å². The number of hydrogen-bond acceptors (Lipinski definition) is 8. The van der Waals surface area contributed by atoms with Gasteiger partial charge in [0.1, 0.15) is 5.65 Å². The molecule has 0 saturated heterocycles. The van der Waals surface area contributed by atoms with E-state index >= 15 is 0 Å². The normalized spacial score (nSPS) is 31.1. The smallest absolute Gasteiger partial charge is 0.316 e. The summed E-state index contributed by atoms with van der Waals surface area (Å²) in [6, 6.07) is 2.22. The Morgan fingerprint density at radius 2 is 2.12 bits per heavy atom. The van der Waals surface area contributed by atoms with Crippen molar-refractivity contribution in [1.82, 2.24) is 25.4 Å². The maximum absolute atomic E-state index is 12.3. The number of H-pyrrole nitrogens is 1. The maximum atomic E-state index is 12.3. The van der Waals surface area contributed by atoms with Crippen molar-refractivity contribution in [2.45, 2.75) is 56.8 Å². The van der Waals surface area contributed by atoms with Crippen LogP contribution in [-0.4, -0.2) is 60.5 Å². The highest BCUT2D eigenvalue weighted by molar-refractivity contribution is 5.97. The molecule has 10 heteroatoms. The molecule has 7 rings (SSSR count). The molecule has 10 nitrogen and oxygen atoms in total. The molecule has 0 spiro atoms.